The molecule has 0 radical (unpaired) electrons. The molecule has 2 aliphatic carbocycles. The predicted octanol–water partition coefficient (Wildman–Crippen LogP) is 3.41. The number of fused-ring (bicyclic) bond motifs is 1. The molecule has 0 spiro atoms. The van der Waals surface area contributed by atoms with Crippen LogP contribution in [0.3, 0.4) is 0 Å². The number of rotatable bonds is 4. The van der Waals surface area contributed by atoms with Crippen molar-refractivity contribution < 1.29 is 4.74 Å². The fourth-order valence-electron chi connectivity index (χ4n) is 2.76. The fraction of sp³-hybridized carbons (Fsp3) is 0.846. The topological polar surface area (TPSA) is 9.23 Å². The average Bonchev–Trinajstić information content (AvgIpc) is 2.76. The lowest BCUT2D eigenvalue weighted by molar-refractivity contribution is 0.118. The van der Waals surface area contributed by atoms with Crippen LogP contribution < -0.4 is 0 Å². The second-order valence-corrected chi connectivity index (χ2v) is 4.70. The van der Waals surface area contributed by atoms with E-state index in [1.165, 1.54) is 25.7 Å². The molecule has 0 saturated heterocycles. The number of hydrogen-bond acceptors (Lipinski definition) is 1. The van der Waals surface area contributed by atoms with E-state index < -0.39 is 0 Å². The van der Waals surface area contributed by atoms with Gasteiger partial charge in [0.15, 0.2) is 0 Å². The maximum atomic E-state index is 5.66. The van der Waals surface area contributed by atoms with Gasteiger partial charge < -0.3 is 4.74 Å². The molecule has 0 heterocycles. The quantitative estimate of drug-likeness (QED) is 0.492. The van der Waals surface area contributed by atoms with Crippen LogP contribution in [0.2, 0.25) is 0 Å². The van der Waals surface area contributed by atoms with E-state index in [2.05, 4.69) is 19.1 Å². The highest BCUT2D eigenvalue weighted by atomic mass is 16.5. The van der Waals surface area contributed by atoms with Crippen molar-refractivity contribution in [2.45, 2.75) is 39.0 Å². The summed E-state index contributed by atoms with van der Waals surface area (Å²) in [7, 11) is 0. The highest BCUT2D eigenvalue weighted by molar-refractivity contribution is 5.02. The van der Waals surface area contributed by atoms with Gasteiger partial charge in [-0.1, -0.05) is 19.1 Å². The molecule has 1 nitrogen and oxygen atoms in total. The fourth-order valence-corrected chi connectivity index (χ4v) is 2.76. The van der Waals surface area contributed by atoms with Gasteiger partial charge in [-0.2, -0.15) is 0 Å². The molecule has 0 aromatic heterocycles. The third-order valence-corrected chi connectivity index (χ3v) is 3.65. The number of ether oxygens (including phenoxy) is 1. The summed E-state index contributed by atoms with van der Waals surface area (Å²) in [5.74, 6) is 2.85. The Labute approximate surface area is 87.5 Å². The van der Waals surface area contributed by atoms with Crippen LogP contribution in [0.5, 0.6) is 0 Å². The Morgan fingerprint density at radius 2 is 2.21 bits per heavy atom. The zero-order valence-electron chi connectivity index (χ0n) is 9.24. The molecule has 1 saturated carbocycles. The van der Waals surface area contributed by atoms with Gasteiger partial charge in [0.05, 0.1) is 0 Å². The zero-order chi connectivity index (χ0) is 9.80. The van der Waals surface area contributed by atoms with Crippen molar-refractivity contribution in [3.05, 3.63) is 12.2 Å². The molecule has 0 aliphatic heterocycles. The Hall–Kier alpha value is -0.300. The van der Waals surface area contributed by atoms with Crippen molar-refractivity contribution in [1.29, 1.82) is 0 Å². The van der Waals surface area contributed by atoms with Gasteiger partial charge in [0.25, 0.3) is 0 Å². The normalized spacial score (nSPS) is 38.2. The van der Waals surface area contributed by atoms with E-state index in [1.54, 1.807) is 0 Å². The Morgan fingerprint density at radius 3 is 3.07 bits per heavy atom. The van der Waals surface area contributed by atoms with Crippen LogP contribution in [0.25, 0.3) is 0 Å². The summed E-state index contributed by atoms with van der Waals surface area (Å²) in [6, 6.07) is 0. The monoisotopic (exact) mass is 194 g/mol. The highest BCUT2D eigenvalue weighted by Crippen LogP contribution is 2.52. The van der Waals surface area contributed by atoms with Gasteiger partial charge in [0.2, 0.25) is 0 Å². The molecule has 3 unspecified atom stereocenters. The molecular formula is C13H22O. The van der Waals surface area contributed by atoms with Crippen LogP contribution >= 0.6 is 0 Å². The van der Waals surface area contributed by atoms with Crippen molar-refractivity contribution >= 4 is 0 Å². The van der Waals surface area contributed by atoms with Crippen molar-refractivity contribution in [3.8, 4) is 0 Å². The number of hydrogen-bond donors (Lipinski definition) is 0. The second kappa shape index (κ2) is 4.97. The van der Waals surface area contributed by atoms with Gasteiger partial charge in [-0.15, -0.1) is 0 Å². The first-order valence-corrected chi connectivity index (χ1v) is 6.16. The van der Waals surface area contributed by atoms with E-state index in [1.807, 2.05) is 0 Å². The standard InChI is InChI=1S/C13H22O/c1-2-9-14-10-13-11-7-5-3-4-6-8-12(11)13/h3,5,11-13H,2,4,6-10H2,1H3/b5-3+. The molecule has 0 aromatic carbocycles. The van der Waals surface area contributed by atoms with Crippen LogP contribution in [-0.4, -0.2) is 13.2 Å². The highest BCUT2D eigenvalue weighted by Gasteiger charge is 2.48. The minimum atomic E-state index is 0.893. The van der Waals surface area contributed by atoms with Crippen molar-refractivity contribution in [2.24, 2.45) is 17.8 Å². The molecule has 14 heavy (non-hydrogen) atoms. The van der Waals surface area contributed by atoms with E-state index >= 15 is 0 Å². The van der Waals surface area contributed by atoms with Crippen LogP contribution in [-0.2, 0) is 4.74 Å². The minimum absolute atomic E-state index is 0.893. The van der Waals surface area contributed by atoms with Crippen molar-refractivity contribution in [1.82, 2.24) is 0 Å². The van der Waals surface area contributed by atoms with Crippen LogP contribution in [0, 0.1) is 17.8 Å². The van der Waals surface area contributed by atoms with Crippen LogP contribution in [0.1, 0.15) is 39.0 Å². The lowest BCUT2D eigenvalue weighted by Crippen LogP contribution is -1.99. The first kappa shape index (κ1) is 10.2. The first-order valence-electron chi connectivity index (χ1n) is 6.16. The van der Waals surface area contributed by atoms with Gasteiger partial charge >= 0.3 is 0 Å². The largest absolute Gasteiger partial charge is 0.381 e. The molecule has 80 valence electrons. The second-order valence-electron chi connectivity index (χ2n) is 4.70. The Bertz CT molecular complexity index is 197. The van der Waals surface area contributed by atoms with Crippen molar-refractivity contribution in [2.75, 3.05) is 13.2 Å². The van der Waals surface area contributed by atoms with Gasteiger partial charge in [-0.3, -0.25) is 0 Å². The van der Waals surface area contributed by atoms with E-state index in [0.717, 1.165) is 37.4 Å². The maximum Gasteiger partial charge on any atom is 0.0499 e. The summed E-state index contributed by atoms with van der Waals surface area (Å²) < 4.78 is 5.66. The zero-order valence-corrected chi connectivity index (χ0v) is 9.24. The van der Waals surface area contributed by atoms with Gasteiger partial charge in [-0.05, 0) is 49.9 Å². The third kappa shape index (κ3) is 2.38. The van der Waals surface area contributed by atoms with E-state index in [-0.39, 0.29) is 0 Å². The minimum Gasteiger partial charge on any atom is -0.381 e. The van der Waals surface area contributed by atoms with E-state index in [4.69, 9.17) is 4.74 Å². The molecule has 3 atom stereocenters. The molecule has 1 fully saturated rings. The summed E-state index contributed by atoms with van der Waals surface area (Å²) >= 11 is 0. The molecule has 0 N–H and O–H groups in total. The van der Waals surface area contributed by atoms with Crippen LogP contribution in [0.4, 0.5) is 0 Å². The average molecular weight is 194 g/mol. The smallest absolute Gasteiger partial charge is 0.0499 e. The Kier molecular flexibility index (Phi) is 3.63. The molecule has 0 bridgehead atoms. The molecule has 0 amide bonds. The Morgan fingerprint density at radius 1 is 1.29 bits per heavy atom. The molecule has 2 rings (SSSR count). The van der Waals surface area contributed by atoms with Crippen molar-refractivity contribution in [3.63, 3.8) is 0 Å². The summed E-state index contributed by atoms with van der Waals surface area (Å²) in [5, 5.41) is 0. The van der Waals surface area contributed by atoms with Gasteiger partial charge in [-0.25, -0.2) is 0 Å². The van der Waals surface area contributed by atoms with Gasteiger partial charge in [0.1, 0.15) is 0 Å². The molecule has 1 heteroatoms. The number of allylic oxidation sites excluding steroid dienone is 2. The summed E-state index contributed by atoms with van der Waals surface area (Å²) in [5.41, 5.74) is 0. The summed E-state index contributed by atoms with van der Waals surface area (Å²) in [4.78, 5) is 0. The summed E-state index contributed by atoms with van der Waals surface area (Å²) in [6.45, 7) is 4.15. The lowest BCUT2D eigenvalue weighted by Gasteiger charge is -2.00. The van der Waals surface area contributed by atoms with E-state index in [0.29, 0.717) is 0 Å². The maximum absolute atomic E-state index is 5.66. The third-order valence-electron chi connectivity index (χ3n) is 3.65. The van der Waals surface area contributed by atoms with E-state index in [9.17, 15) is 0 Å². The molecule has 2 aliphatic rings. The molecular weight excluding hydrogens is 172 g/mol. The SMILES string of the molecule is CCCOCC1C2C/C=C/CCCC21. The summed E-state index contributed by atoms with van der Waals surface area (Å²) in [6.07, 6.45) is 11.3. The predicted molar refractivity (Wildman–Crippen MR) is 59.2 cm³/mol. The lowest BCUT2D eigenvalue weighted by atomic mass is 10.1. The first-order chi connectivity index (χ1) is 6.93. The Balaban J connectivity index is 1.72. The van der Waals surface area contributed by atoms with Gasteiger partial charge in [0, 0.05) is 13.2 Å². The molecule has 0 aromatic rings. The van der Waals surface area contributed by atoms with Crippen LogP contribution in [0.15, 0.2) is 12.2 Å².